The molecule has 0 aliphatic heterocycles. The van der Waals surface area contributed by atoms with E-state index in [-0.39, 0.29) is 12.1 Å². The molecule has 2 atom stereocenters. The van der Waals surface area contributed by atoms with Crippen molar-refractivity contribution in [3.05, 3.63) is 53.3 Å². The second-order valence-corrected chi connectivity index (χ2v) is 4.85. The molecule has 0 fully saturated rings. The fourth-order valence-electron chi connectivity index (χ4n) is 2.61. The van der Waals surface area contributed by atoms with E-state index in [1.54, 1.807) is 4.68 Å². The Hall–Kier alpha value is -1.65. The first-order chi connectivity index (χ1) is 8.74. The van der Waals surface area contributed by atoms with E-state index in [9.17, 15) is 5.11 Å². The maximum absolute atomic E-state index is 10.1. The molecule has 0 saturated heterocycles. The Morgan fingerprint density at radius 1 is 1.44 bits per heavy atom. The number of aliphatic hydroxyl groups is 1. The van der Waals surface area contributed by atoms with Crippen molar-refractivity contribution in [2.75, 3.05) is 0 Å². The van der Waals surface area contributed by atoms with Crippen LogP contribution in [0.5, 0.6) is 0 Å². The monoisotopic (exact) mass is 243 g/mol. The molecule has 0 unspecified atom stereocenters. The Morgan fingerprint density at radius 3 is 3.06 bits per heavy atom. The fourth-order valence-corrected chi connectivity index (χ4v) is 2.61. The summed E-state index contributed by atoms with van der Waals surface area (Å²) in [6, 6.07) is 8.25. The van der Waals surface area contributed by atoms with E-state index in [1.165, 1.54) is 11.1 Å². The van der Waals surface area contributed by atoms with E-state index >= 15 is 0 Å². The van der Waals surface area contributed by atoms with Crippen LogP contribution in [0.1, 0.15) is 22.7 Å². The van der Waals surface area contributed by atoms with Crippen LogP contribution in [-0.2, 0) is 20.0 Å². The summed E-state index contributed by atoms with van der Waals surface area (Å²) in [5, 5.41) is 17.7. The van der Waals surface area contributed by atoms with Crippen LogP contribution in [0.2, 0.25) is 0 Å². The number of hydrogen-bond acceptors (Lipinski definition) is 3. The lowest BCUT2D eigenvalue weighted by Gasteiger charge is -2.17. The molecule has 1 aromatic heterocycles. The molecule has 18 heavy (non-hydrogen) atoms. The van der Waals surface area contributed by atoms with Crippen LogP contribution in [0.3, 0.4) is 0 Å². The van der Waals surface area contributed by atoms with E-state index in [4.69, 9.17) is 0 Å². The smallest absolute Gasteiger partial charge is 0.0775 e. The van der Waals surface area contributed by atoms with Crippen LogP contribution in [-0.4, -0.2) is 21.0 Å². The number of aryl methyl sites for hydroxylation is 1. The lowest BCUT2D eigenvalue weighted by atomic mass is 10.1. The number of benzene rings is 1. The first-order valence-corrected chi connectivity index (χ1v) is 6.21. The molecule has 4 nitrogen and oxygen atoms in total. The van der Waals surface area contributed by atoms with Crippen molar-refractivity contribution < 1.29 is 5.11 Å². The molecule has 1 heterocycles. The topological polar surface area (TPSA) is 50.1 Å². The lowest BCUT2D eigenvalue weighted by Crippen LogP contribution is -2.28. The van der Waals surface area contributed by atoms with Gasteiger partial charge in [0.25, 0.3) is 0 Å². The van der Waals surface area contributed by atoms with E-state index in [1.807, 2.05) is 31.6 Å². The van der Waals surface area contributed by atoms with Crippen LogP contribution in [0.15, 0.2) is 36.7 Å². The Bertz CT molecular complexity index is 549. The highest BCUT2D eigenvalue weighted by Gasteiger charge is 2.30. The van der Waals surface area contributed by atoms with Gasteiger partial charge in [0.2, 0.25) is 0 Å². The molecule has 0 amide bonds. The van der Waals surface area contributed by atoms with Crippen molar-refractivity contribution >= 4 is 0 Å². The summed E-state index contributed by atoms with van der Waals surface area (Å²) in [5.41, 5.74) is 3.59. The molecular weight excluding hydrogens is 226 g/mol. The van der Waals surface area contributed by atoms with Gasteiger partial charge in [0.1, 0.15) is 0 Å². The molecule has 2 aromatic rings. The van der Waals surface area contributed by atoms with Gasteiger partial charge in [-0.05, 0) is 11.1 Å². The molecule has 4 heteroatoms. The Balaban J connectivity index is 1.73. The molecule has 1 aromatic carbocycles. The van der Waals surface area contributed by atoms with Crippen LogP contribution in [0.25, 0.3) is 0 Å². The van der Waals surface area contributed by atoms with Crippen molar-refractivity contribution in [2.45, 2.75) is 25.1 Å². The number of aromatic nitrogens is 2. The molecule has 0 bridgehead atoms. The zero-order chi connectivity index (χ0) is 12.5. The minimum Gasteiger partial charge on any atom is -0.391 e. The zero-order valence-corrected chi connectivity index (χ0v) is 10.4. The lowest BCUT2D eigenvalue weighted by molar-refractivity contribution is 0.140. The number of hydrogen-bond donors (Lipinski definition) is 2. The summed E-state index contributed by atoms with van der Waals surface area (Å²) in [4.78, 5) is 0. The van der Waals surface area contributed by atoms with Crippen molar-refractivity contribution in [3.63, 3.8) is 0 Å². The first kappa shape index (κ1) is 11.4. The van der Waals surface area contributed by atoms with E-state index in [2.05, 4.69) is 22.5 Å². The number of fused-ring (bicyclic) bond motifs is 1. The summed E-state index contributed by atoms with van der Waals surface area (Å²) < 4.78 is 1.79. The van der Waals surface area contributed by atoms with Crippen LogP contribution in [0.4, 0.5) is 0 Å². The second kappa shape index (κ2) is 4.55. The van der Waals surface area contributed by atoms with Gasteiger partial charge in [-0.3, -0.25) is 4.68 Å². The van der Waals surface area contributed by atoms with E-state index in [0.29, 0.717) is 0 Å². The summed E-state index contributed by atoms with van der Waals surface area (Å²) >= 11 is 0. The van der Waals surface area contributed by atoms with Gasteiger partial charge in [-0.2, -0.15) is 5.10 Å². The minimum atomic E-state index is -0.334. The Labute approximate surface area is 106 Å². The third-order valence-electron chi connectivity index (χ3n) is 3.49. The third kappa shape index (κ3) is 2.05. The van der Waals surface area contributed by atoms with Crippen molar-refractivity contribution in [2.24, 2.45) is 7.05 Å². The molecule has 94 valence electrons. The molecule has 0 radical (unpaired) electrons. The summed E-state index contributed by atoms with van der Waals surface area (Å²) in [7, 11) is 1.91. The third-order valence-corrected chi connectivity index (χ3v) is 3.49. The predicted molar refractivity (Wildman–Crippen MR) is 68.9 cm³/mol. The van der Waals surface area contributed by atoms with Crippen LogP contribution in [0, 0.1) is 0 Å². The highest BCUT2D eigenvalue weighted by molar-refractivity contribution is 5.36. The van der Waals surface area contributed by atoms with Crippen molar-refractivity contribution in [1.82, 2.24) is 15.1 Å². The molecule has 1 aliphatic carbocycles. The predicted octanol–water partition coefficient (Wildman–Crippen LogP) is 1.17. The van der Waals surface area contributed by atoms with Gasteiger partial charge >= 0.3 is 0 Å². The molecule has 0 spiro atoms. The second-order valence-electron chi connectivity index (χ2n) is 4.85. The maximum atomic E-state index is 10.1. The number of rotatable bonds is 3. The highest BCUT2D eigenvalue weighted by atomic mass is 16.3. The van der Waals surface area contributed by atoms with Crippen molar-refractivity contribution in [3.8, 4) is 0 Å². The van der Waals surface area contributed by atoms with E-state index in [0.717, 1.165) is 18.5 Å². The average Bonchev–Trinajstić information content (AvgIpc) is 2.90. The van der Waals surface area contributed by atoms with Gasteiger partial charge in [-0.1, -0.05) is 24.3 Å². The van der Waals surface area contributed by atoms with Crippen LogP contribution >= 0.6 is 0 Å². The molecule has 0 saturated carbocycles. The van der Waals surface area contributed by atoms with Gasteiger partial charge in [-0.25, -0.2) is 0 Å². The summed E-state index contributed by atoms with van der Waals surface area (Å²) in [5.74, 6) is 0. The fraction of sp³-hybridized carbons (Fsp3) is 0.357. The largest absolute Gasteiger partial charge is 0.391 e. The van der Waals surface area contributed by atoms with Gasteiger partial charge in [0.05, 0.1) is 18.3 Å². The number of aliphatic hydroxyl groups excluding tert-OH is 1. The number of nitrogens with one attached hydrogen (secondary N) is 1. The van der Waals surface area contributed by atoms with Gasteiger partial charge < -0.3 is 10.4 Å². The van der Waals surface area contributed by atoms with Crippen LogP contribution < -0.4 is 5.32 Å². The number of nitrogens with zero attached hydrogens (tertiary/aromatic N) is 2. The summed E-state index contributed by atoms with van der Waals surface area (Å²) in [6.45, 7) is 0.726. The SMILES string of the molecule is Cn1cc(CN[C@@H]2c3ccccc3C[C@@H]2O)cn1. The van der Waals surface area contributed by atoms with Gasteiger partial charge in [0.15, 0.2) is 0 Å². The zero-order valence-electron chi connectivity index (χ0n) is 10.4. The van der Waals surface area contributed by atoms with Gasteiger partial charge in [0, 0.05) is 31.8 Å². The normalized spacial score (nSPS) is 22.1. The minimum absolute atomic E-state index is 0.0291. The van der Waals surface area contributed by atoms with E-state index < -0.39 is 0 Å². The quantitative estimate of drug-likeness (QED) is 0.850. The molecule has 3 rings (SSSR count). The van der Waals surface area contributed by atoms with Gasteiger partial charge in [-0.15, -0.1) is 0 Å². The molecule has 1 aliphatic rings. The molecule has 2 N–H and O–H groups in total. The maximum Gasteiger partial charge on any atom is 0.0775 e. The standard InChI is InChI=1S/C14H17N3O/c1-17-9-10(8-16-17)7-15-14-12-5-3-2-4-11(12)6-13(14)18/h2-5,8-9,13-15,18H,6-7H2,1H3/t13-,14+/m0/s1. The Kier molecular flexibility index (Phi) is 2.89. The summed E-state index contributed by atoms with van der Waals surface area (Å²) in [6.07, 6.45) is 4.24. The Morgan fingerprint density at radius 2 is 2.28 bits per heavy atom. The first-order valence-electron chi connectivity index (χ1n) is 6.21. The highest BCUT2D eigenvalue weighted by Crippen LogP contribution is 2.31. The van der Waals surface area contributed by atoms with Crippen molar-refractivity contribution in [1.29, 1.82) is 0 Å². The average molecular weight is 243 g/mol. The molecular formula is C14H17N3O.